The molecule has 158 valence electrons. The highest BCUT2D eigenvalue weighted by Crippen LogP contribution is 2.08. The second kappa shape index (κ2) is 10.2. The summed E-state index contributed by atoms with van der Waals surface area (Å²) in [5, 5.41) is 10.0. The van der Waals surface area contributed by atoms with Crippen LogP contribution in [0.3, 0.4) is 0 Å². The average molecular weight is 415 g/mol. The van der Waals surface area contributed by atoms with Crippen molar-refractivity contribution in [3.63, 3.8) is 0 Å². The van der Waals surface area contributed by atoms with Crippen LogP contribution in [0.15, 0.2) is 85.3 Å². The van der Waals surface area contributed by atoms with Crippen molar-refractivity contribution in [3.8, 4) is 0 Å². The van der Waals surface area contributed by atoms with Gasteiger partial charge >= 0.3 is 6.03 Å². The van der Waals surface area contributed by atoms with Crippen molar-refractivity contribution in [2.75, 3.05) is 5.32 Å². The highest BCUT2D eigenvalue weighted by molar-refractivity contribution is 5.87. The van der Waals surface area contributed by atoms with Crippen LogP contribution < -0.4 is 10.6 Å². The molecule has 2 aromatic heterocycles. The van der Waals surface area contributed by atoms with Gasteiger partial charge in [-0.1, -0.05) is 60.7 Å². The standard InChI is InChI=1S/C24H26N6O/c31-24(27-22-13-16-30(28-22)19-21-10-5-2-6-11-21)26-18-23-25-14-17-29(23)15-7-12-20-8-3-1-4-9-20/h1-6,8-11,13-14,16-17H,7,12,15,18-19H2,(H2,26,27,28,31). The predicted molar refractivity (Wildman–Crippen MR) is 121 cm³/mol. The van der Waals surface area contributed by atoms with Crippen LogP contribution in [-0.4, -0.2) is 25.4 Å². The largest absolute Gasteiger partial charge is 0.333 e. The molecule has 0 radical (unpaired) electrons. The normalized spacial score (nSPS) is 10.7. The molecule has 31 heavy (non-hydrogen) atoms. The fourth-order valence-corrected chi connectivity index (χ4v) is 3.42. The van der Waals surface area contributed by atoms with E-state index in [-0.39, 0.29) is 6.03 Å². The van der Waals surface area contributed by atoms with Gasteiger partial charge in [0.15, 0.2) is 5.82 Å². The Morgan fingerprint density at radius 3 is 2.42 bits per heavy atom. The number of imidazole rings is 1. The van der Waals surface area contributed by atoms with Gasteiger partial charge in [0.1, 0.15) is 5.82 Å². The van der Waals surface area contributed by atoms with Gasteiger partial charge in [-0.05, 0) is 24.0 Å². The molecule has 0 aliphatic heterocycles. The fraction of sp³-hybridized carbons (Fsp3) is 0.208. The molecule has 4 aromatic rings. The van der Waals surface area contributed by atoms with E-state index in [9.17, 15) is 4.79 Å². The quantitative estimate of drug-likeness (QED) is 0.433. The van der Waals surface area contributed by atoms with Crippen molar-refractivity contribution in [3.05, 3.63) is 102 Å². The maximum atomic E-state index is 12.3. The molecule has 2 aromatic carbocycles. The number of nitrogens with zero attached hydrogens (tertiary/aromatic N) is 4. The molecule has 0 aliphatic carbocycles. The van der Waals surface area contributed by atoms with Crippen LogP contribution in [-0.2, 0) is 26.1 Å². The van der Waals surface area contributed by atoms with Crippen LogP contribution in [0.2, 0.25) is 0 Å². The van der Waals surface area contributed by atoms with Crippen LogP contribution in [0.1, 0.15) is 23.4 Å². The first-order chi connectivity index (χ1) is 15.3. The predicted octanol–water partition coefficient (Wildman–Crippen LogP) is 4.08. The van der Waals surface area contributed by atoms with E-state index in [1.165, 1.54) is 5.56 Å². The fourth-order valence-electron chi connectivity index (χ4n) is 3.42. The van der Waals surface area contributed by atoms with E-state index in [2.05, 4.69) is 49.5 Å². The SMILES string of the molecule is O=C(NCc1nccn1CCCc1ccccc1)Nc1ccn(Cc2ccccc2)n1. The van der Waals surface area contributed by atoms with Gasteiger partial charge in [0.2, 0.25) is 0 Å². The smallest absolute Gasteiger partial charge is 0.320 e. The van der Waals surface area contributed by atoms with Crippen molar-refractivity contribution >= 4 is 11.8 Å². The number of anilines is 1. The Hall–Kier alpha value is -3.87. The maximum Gasteiger partial charge on any atom is 0.320 e. The van der Waals surface area contributed by atoms with Crippen LogP contribution in [0.25, 0.3) is 0 Å². The molecule has 2 N–H and O–H groups in total. The Bertz CT molecular complexity index is 1090. The monoisotopic (exact) mass is 414 g/mol. The molecule has 0 unspecified atom stereocenters. The number of benzene rings is 2. The average Bonchev–Trinajstić information content (AvgIpc) is 3.43. The first-order valence-corrected chi connectivity index (χ1v) is 10.4. The minimum atomic E-state index is -0.302. The van der Waals surface area contributed by atoms with Crippen molar-refractivity contribution in [1.29, 1.82) is 0 Å². The summed E-state index contributed by atoms with van der Waals surface area (Å²) in [6, 6.07) is 22.0. The number of aromatic nitrogens is 4. The van der Waals surface area contributed by atoms with E-state index in [1.54, 1.807) is 16.9 Å². The van der Waals surface area contributed by atoms with Gasteiger partial charge in [0.25, 0.3) is 0 Å². The van der Waals surface area contributed by atoms with Gasteiger partial charge in [-0.15, -0.1) is 0 Å². The Kier molecular flexibility index (Phi) is 6.74. The minimum Gasteiger partial charge on any atom is -0.333 e. The topological polar surface area (TPSA) is 76.8 Å². The molecule has 0 bridgehead atoms. The zero-order valence-electron chi connectivity index (χ0n) is 17.3. The third-order valence-corrected chi connectivity index (χ3v) is 4.99. The van der Waals surface area contributed by atoms with E-state index in [4.69, 9.17) is 0 Å². The number of urea groups is 1. The second-order valence-corrected chi connectivity index (χ2v) is 7.32. The number of aryl methyl sites for hydroxylation is 2. The summed E-state index contributed by atoms with van der Waals surface area (Å²) in [5.41, 5.74) is 2.48. The molecule has 0 fully saturated rings. The molecule has 7 heteroatoms. The molecular formula is C24H26N6O. The first kappa shape index (κ1) is 20.4. The lowest BCUT2D eigenvalue weighted by Crippen LogP contribution is -2.29. The van der Waals surface area contributed by atoms with Crippen molar-refractivity contribution in [2.24, 2.45) is 0 Å². The molecule has 4 rings (SSSR count). The van der Waals surface area contributed by atoms with Gasteiger partial charge < -0.3 is 9.88 Å². The molecule has 7 nitrogen and oxygen atoms in total. The van der Waals surface area contributed by atoms with Gasteiger partial charge in [0.05, 0.1) is 13.1 Å². The number of rotatable bonds is 9. The van der Waals surface area contributed by atoms with Gasteiger partial charge in [-0.25, -0.2) is 9.78 Å². The highest BCUT2D eigenvalue weighted by atomic mass is 16.2. The number of hydrogen-bond acceptors (Lipinski definition) is 3. The number of hydrogen-bond donors (Lipinski definition) is 2. The van der Waals surface area contributed by atoms with Gasteiger partial charge in [-0.2, -0.15) is 5.10 Å². The maximum absolute atomic E-state index is 12.3. The van der Waals surface area contributed by atoms with E-state index in [0.29, 0.717) is 18.9 Å². The molecule has 2 heterocycles. The van der Waals surface area contributed by atoms with E-state index in [0.717, 1.165) is 30.8 Å². The van der Waals surface area contributed by atoms with Gasteiger partial charge in [-0.3, -0.25) is 10.00 Å². The van der Waals surface area contributed by atoms with Crippen LogP contribution >= 0.6 is 0 Å². The van der Waals surface area contributed by atoms with E-state index in [1.807, 2.05) is 48.8 Å². The Morgan fingerprint density at radius 1 is 0.903 bits per heavy atom. The number of carbonyl (C=O) groups is 1. The molecule has 0 saturated carbocycles. The zero-order valence-corrected chi connectivity index (χ0v) is 17.3. The summed E-state index contributed by atoms with van der Waals surface area (Å²) < 4.78 is 3.88. The zero-order chi connectivity index (χ0) is 21.3. The molecule has 0 aliphatic rings. The van der Waals surface area contributed by atoms with Crippen molar-refractivity contribution in [2.45, 2.75) is 32.5 Å². The molecule has 0 saturated heterocycles. The summed E-state index contributed by atoms with van der Waals surface area (Å²) >= 11 is 0. The summed E-state index contributed by atoms with van der Waals surface area (Å²) in [6.07, 6.45) is 7.59. The third-order valence-electron chi connectivity index (χ3n) is 4.99. The van der Waals surface area contributed by atoms with Crippen LogP contribution in [0, 0.1) is 0 Å². The summed E-state index contributed by atoms with van der Waals surface area (Å²) in [6.45, 7) is 1.87. The Balaban J connectivity index is 1.23. The Labute approximate surface area is 181 Å². The number of nitrogens with one attached hydrogen (secondary N) is 2. The lowest BCUT2D eigenvalue weighted by molar-refractivity contribution is 0.251. The van der Waals surface area contributed by atoms with E-state index < -0.39 is 0 Å². The summed E-state index contributed by atoms with van der Waals surface area (Å²) in [7, 11) is 0. The molecule has 2 amide bonds. The molecular weight excluding hydrogens is 388 g/mol. The highest BCUT2D eigenvalue weighted by Gasteiger charge is 2.08. The lowest BCUT2D eigenvalue weighted by atomic mass is 10.1. The lowest BCUT2D eigenvalue weighted by Gasteiger charge is -2.09. The second-order valence-electron chi connectivity index (χ2n) is 7.32. The van der Waals surface area contributed by atoms with Crippen molar-refractivity contribution in [1.82, 2.24) is 24.6 Å². The number of amides is 2. The van der Waals surface area contributed by atoms with Crippen molar-refractivity contribution < 1.29 is 4.79 Å². The minimum absolute atomic E-state index is 0.302. The van der Waals surface area contributed by atoms with Crippen LogP contribution in [0.4, 0.5) is 10.6 Å². The summed E-state index contributed by atoms with van der Waals surface area (Å²) in [4.78, 5) is 16.6. The van der Waals surface area contributed by atoms with E-state index >= 15 is 0 Å². The summed E-state index contributed by atoms with van der Waals surface area (Å²) in [5.74, 6) is 1.34. The third kappa shape index (κ3) is 6.05. The number of carbonyl (C=O) groups excluding carboxylic acids is 1. The first-order valence-electron chi connectivity index (χ1n) is 10.4. The van der Waals surface area contributed by atoms with Gasteiger partial charge in [0, 0.05) is 31.2 Å². The molecule has 0 atom stereocenters. The van der Waals surface area contributed by atoms with Crippen LogP contribution in [0.5, 0.6) is 0 Å². The Morgan fingerprint density at radius 2 is 1.65 bits per heavy atom. The molecule has 0 spiro atoms.